The van der Waals surface area contributed by atoms with Crippen molar-refractivity contribution in [3.8, 4) is 56.6 Å². The second-order valence-electron chi connectivity index (χ2n) is 12.7. The Morgan fingerprint density at radius 1 is 0.600 bits per heavy atom. The van der Waals surface area contributed by atoms with E-state index in [-0.39, 0.29) is 26.8 Å². The third-order valence-electron chi connectivity index (χ3n) is 9.36. The molecule has 9 rings (SSSR count). The van der Waals surface area contributed by atoms with Crippen LogP contribution in [0.15, 0.2) is 128 Å². The maximum Gasteiger partial charge on any atom is 0.241 e. The number of aryl methyl sites for hydroxylation is 4. The molecule has 2 aliphatic heterocycles. The minimum Gasteiger partial charge on any atom is -0.503 e. The van der Waals surface area contributed by atoms with E-state index in [9.17, 15) is 0 Å². The van der Waals surface area contributed by atoms with Gasteiger partial charge in [0.25, 0.3) is 0 Å². The van der Waals surface area contributed by atoms with E-state index in [4.69, 9.17) is 14.5 Å². The molecule has 0 fully saturated rings. The van der Waals surface area contributed by atoms with Gasteiger partial charge in [0, 0.05) is 43.7 Å². The Balaban J connectivity index is 0.000000207. The average molecular weight is 825 g/mol. The van der Waals surface area contributed by atoms with Crippen molar-refractivity contribution in [1.29, 1.82) is 0 Å². The summed E-state index contributed by atoms with van der Waals surface area (Å²) in [4.78, 5) is 9.23. The van der Waals surface area contributed by atoms with Gasteiger partial charge in [-0.05, 0) is 78.1 Å². The van der Waals surface area contributed by atoms with Gasteiger partial charge in [-0.3, -0.25) is 0 Å². The van der Waals surface area contributed by atoms with Crippen molar-refractivity contribution in [3.05, 3.63) is 162 Å². The van der Waals surface area contributed by atoms with Gasteiger partial charge >= 0.3 is 0 Å². The Labute approximate surface area is 307 Å². The fourth-order valence-electron chi connectivity index (χ4n) is 6.56. The summed E-state index contributed by atoms with van der Waals surface area (Å²) in [5.41, 5.74) is 14.3. The fourth-order valence-corrected chi connectivity index (χ4v) is 6.56. The summed E-state index contributed by atoms with van der Waals surface area (Å²) in [6.45, 7) is 8.41. The van der Waals surface area contributed by atoms with Gasteiger partial charge in [0.15, 0.2) is 0 Å². The molecular formula is C44H33BIrN2O2-2. The number of benzene rings is 5. The first-order chi connectivity index (χ1) is 23.9. The van der Waals surface area contributed by atoms with E-state index in [0.29, 0.717) is 0 Å². The Morgan fingerprint density at radius 2 is 1.36 bits per heavy atom. The Morgan fingerprint density at radius 3 is 2.12 bits per heavy atom. The molecular weight excluding hydrogens is 792 g/mol. The van der Waals surface area contributed by atoms with Crippen LogP contribution < -0.4 is 25.9 Å². The summed E-state index contributed by atoms with van der Waals surface area (Å²) in [7, 11) is 0. The van der Waals surface area contributed by atoms with Crippen LogP contribution in [0.3, 0.4) is 0 Å². The minimum atomic E-state index is 0. The predicted molar refractivity (Wildman–Crippen MR) is 199 cm³/mol. The van der Waals surface area contributed by atoms with Crippen LogP contribution in [0, 0.1) is 39.8 Å². The first kappa shape index (κ1) is 33.2. The molecule has 0 bridgehead atoms. The molecule has 1 radical (unpaired) electrons. The zero-order chi connectivity index (χ0) is 33.5. The Kier molecular flexibility index (Phi) is 9.24. The number of fused-ring (bicyclic) bond motifs is 4. The summed E-state index contributed by atoms with van der Waals surface area (Å²) in [6.07, 6.45) is 3.85. The largest absolute Gasteiger partial charge is 0.503 e. The Hall–Kier alpha value is -5.29. The number of para-hydroxylation sites is 1. The molecule has 2 aliphatic rings. The summed E-state index contributed by atoms with van der Waals surface area (Å²) in [6, 6.07) is 45.7. The van der Waals surface area contributed by atoms with Crippen LogP contribution in [-0.4, -0.2) is 16.7 Å². The molecule has 0 aliphatic carbocycles. The quantitative estimate of drug-likeness (QED) is 0.132. The molecule has 245 valence electrons. The summed E-state index contributed by atoms with van der Waals surface area (Å²) >= 11 is 0. The molecule has 2 aromatic heterocycles. The van der Waals surface area contributed by atoms with Crippen molar-refractivity contribution in [2.45, 2.75) is 27.7 Å². The van der Waals surface area contributed by atoms with Crippen molar-refractivity contribution in [1.82, 2.24) is 9.97 Å². The van der Waals surface area contributed by atoms with E-state index in [0.717, 1.165) is 67.5 Å². The standard InChI is InChI=1S/C30H19BNO2.C14H14N.Ir/c1-19-8-2-3-9-21(19)20-16-17-25(32-18-20)22-10-6-12-24-30(22)34-28-15-7-14-27-29(28)31(24)23-11-4-5-13-26(23)33-27;1-10-4-6-13(7-5-10)14-8-11(2)12(3)9-15-14;/h2-9,11-18H,1H3;4-6,8-9H,1-3H3;/q2*-1;. The molecule has 0 saturated carbocycles. The van der Waals surface area contributed by atoms with Crippen molar-refractivity contribution in [2.24, 2.45) is 0 Å². The summed E-state index contributed by atoms with van der Waals surface area (Å²) < 4.78 is 12.7. The third-order valence-corrected chi connectivity index (χ3v) is 9.36. The zero-order valence-electron chi connectivity index (χ0n) is 28.2. The molecule has 4 heterocycles. The van der Waals surface area contributed by atoms with Gasteiger partial charge in [-0.2, -0.15) is 0 Å². The molecule has 0 saturated heterocycles. The first-order valence-electron chi connectivity index (χ1n) is 16.5. The van der Waals surface area contributed by atoms with Crippen LogP contribution in [0.25, 0.3) is 33.6 Å². The summed E-state index contributed by atoms with van der Waals surface area (Å²) in [5, 5.41) is 0. The normalized spacial score (nSPS) is 11.7. The van der Waals surface area contributed by atoms with E-state index in [1.54, 1.807) is 0 Å². The van der Waals surface area contributed by atoms with Crippen LogP contribution >= 0.6 is 0 Å². The average Bonchev–Trinajstić information content (AvgIpc) is 3.13. The second kappa shape index (κ2) is 13.9. The van der Waals surface area contributed by atoms with E-state index in [1.807, 2.05) is 54.9 Å². The molecule has 0 unspecified atom stereocenters. The van der Waals surface area contributed by atoms with Crippen molar-refractivity contribution in [2.75, 3.05) is 0 Å². The van der Waals surface area contributed by atoms with Crippen LogP contribution in [-0.2, 0) is 20.1 Å². The number of rotatable bonds is 3. The second-order valence-corrected chi connectivity index (χ2v) is 12.7. The zero-order valence-corrected chi connectivity index (χ0v) is 30.6. The monoisotopic (exact) mass is 825 g/mol. The van der Waals surface area contributed by atoms with Gasteiger partial charge in [-0.15, -0.1) is 59.1 Å². The molecule has 4 nitrogen and oxygen atoms in total. The number of hydrogen-bond donors (Lipinski definition) is 0. The van der Waals surface area contributed by atoms with Gasteiger partial charge in [-0.1, -0.05) is 84.8 Å². The molecule has 5 aromatic carbocycles. The van der Waals surface area contributed by atoms with Crippen molar-refractivity contribution < 1.29 is 29.6 Å². The van der Waals surface area contributed by atoms with Gasteiger partial charge in [0.1, 0.15) is 17.2 Å². The Bertz CT molecular complexity index is 2340. The van der Waals surface area contributed by atoms with Crippen LogP contribution in [0.2, 0.25) is 0 Å². The predicted octanol–water partition coefficient (Wildman–Crippen LogP) is 8.72. The molecule has 0 N–H and O–H groups in total. The maximum absolute atomic E-state index is 6.51. The number of ether oxygens (including phenoxy) is 2. The molecule has 0 spiro atoms. The van der Waals surface area contributed by atoms with E-state index < -0.39 is 0 Å². The van der Waals surface area contributed by atoms with Crippen LogP contribution in [0.1, 0.15) is 22.3 Å². The van der Waals surface area contributed by atoms with Gasteiger partial charge < -0.3 is 19.4 Å². The van der Waals surface area contributed by atoms with Crippen LogP contribution in [0.5, 0.6) is 23.0 Å². The topological polar surface area (TPSA) is 44.2 Å². The first-order valence-corrected chi connectivity index (χ1v) is 16.5. The molecule has 7 aromatic rings. The number of hydrogen-bond acceptors (Lipinski definition) is 4. The fraction of sp³-hybridized carbons (Fsp3) is 0.0909. The summed E-state index contributed by atoms with van der Waals surface area (Å²) in [5.74, 6) is 3.37. The SMILES string of the molecule is Cc1c[c-]c(-c2cc(C)c(C)cn2)cc1.Cc1ccccc1-c1ccc(-c2[c-]ccc3c2Oc2cccc4c2B3c2ccccc2O4)nc1.[Ir]. The smallest absolute Gasteiger partial charge is 0.241 e. The minimum absolute atomic E-state index is 0. The van der Waals surface area contributed by atoms with E-state index in [1.165, 1.54) is 27.8 Å². The van der Waals surface area contributed by atoms with E-state index in [2.05, 4.69) is 118 Å². The van der Waals surface area contributed by atoms with Gasteiger partial charge in [0.05, 0.1) is 0 Å². The van der Waals surface area contributed by atoms with E-state index >= 15 is 0 Å². The maximum atomic E-state index is 6.51. The van der Waals surface area contributed by atoms with Crippen LogP contribution in [0.4, 0.5) is 0 Å². The number of pyridine rings is 2. The molecule has 0 amide bonds. The number of nitrogens with zero attached hydrogens (tertiary/aromatic N) is 2. The van der Waals surface area contributed by atoms with Gasteiger partial charge in [0.2, 0.25) is 6.71 Å². The number of aromatic nitrogens is 2. The third kappa shape index (κ3) is 6.17. The van der Waals surface area contributed by atoms with Crippen molar-refractivity contribution in [3.63, 3.8) is 0 Å². The van der Waals surface area contributed by atoms with Gasteiger partial charge in [-0.25, -0.2) is 0 Å². The molecule has 50 heavy (non-hydrogen) atoms. The molecule has 6 heteroatoms. The molecule has 0 atom stereocenters. The van der Waals surface area contributed by atoms with Crippen molar-refractivity contribution >= 4 is 23.1 Å².